The number of carbonyl (C=O) groups excluding carboxylic acids is 1. The van der Waals surface area contributed by atoms with Crippen LogP contribution in [-0.2, 0) is 0 Å². The highest BCUT2D eigenvalue weighted by Gasteiger charge is 2.26. The summed E-state index contributed by atoms with van der Waals surface area (Å²) in [6, 6.07) is 5.96. The molecular weight excluding hydrogens is 318 g/mol. The molecule has 2 rings (SSSR count). The number of carbonyl (C=O) groups is 1. The average Bonchev–Trinajstić information content (AvgIpc) is 2.47. The normalized spacial score (nSPS) is 22.4. The zero-order chi connectivity index (χ0) is 14.5. The number of aryl methyl sites for hydroxylation is 1. The summed E-state index contributed by atoms with van der Waals surface area (Å²) in [6.07, 6.45) is 4.70. The molecule has 1 aliphatic carbocycles. The van der Waals surface area contributed by atoms with Crippen molar-refractivity contribution in [2.24, 2.45) is 5.92 Å². The van der Waals surface area contributed by atoms with Crippen molar-refractivity contribution >= 4 is 21.8 Å². The third kappa shape index (κ3) is 3.54. The lowest BCUT2D eigenvalue weighted by Gasteiger charge is -2.31. The summed E-state index contributed by atoms with van der Waals surface area (Å²) >= 11 is 3.56. The van der Waals surface area contributed by atoms with Gasteiger partial charge in [-0.15, -0.1) is 0 Å². The standard InChI is InChI=1S/C16H22BrNO2/c1-11-7-8-15(20-2)13(9-11)16(19)18-14-6-4-3-5-12(14)10-17/h7-9,12,14H,3-6,10H2,1-2H3,(H,18,19). The summed E-state index contributed by atoms with van der Waals surface area (Å²) in [5.41, 5.74) is 1.70. The largest absolute Gasteiger partial charge is 0.496 e. The molecule has 2 atom stereocenters. The van der Waals surface area contributed by atoms with Crippen molar-refractivity contribution in [3.8, 4) is 5.75 Å². The zero-order valence-electron chi connectivity index (χ0n) is 12.1. The van der Waals surface area contributed by atoms with E-state index in [1.165, 1.54) is 19.3 Å². The number of hydrogen-bond acceptors (Lipinski definition) is 2. The van der Waals surface area contributed by atoms with Gasteiger partial charge in [0, 0.05) is 11.4 Å². The first-order valence-corrected chi connectivity index (χ1v) is 8.29. The summed E-state index contributed by atoms with van der Waals surface area (Å²) in [4.78, 5) is 12.5. The number of benzene rings is 1. The van der Waals surface area contributed by atoms with Crippen molar-refractivity contribution < 1.29 is 9.53 Å². The molecule has 0 aliphatic heterocycles. The summed E-state index contributed by atoms with van der Waals surface area (Å²) in [5.74, 6) is 1.14. The van der Waals surface area contributed by atoms with E-state index >= 15 is 0 Å². The highest BCUT2D eigenvalue weighted by Crippen LogP contribution is 2.27. The lowest BCUT2D eigenvalue weighted by atomic mass is 9.85. The van der Waals surface area contributed by atoms with Crippen LogP contribution in [0.15, 0.2) is 18.2 Å². The predicted molar refractivity (Wildman–Crippen MR) is 84.7 cm³/mol. The van der Waals surface area contributed by atoms with Crippen molar-refractivity contribution in [2.45, 2.75) is 38.6 Å². The van der Waals surface area contributed by atoms with Gasteiger partial charge in [-0.25, -0.2) is 0 Å². The van der Waals surface area contributed by atoms with Crippen LogP contribution in [0.25, 0.3) is 0 Å². The van der Waals surface area contributed by atoms with Gasteiger partial charge in [0.2, 0.25) is 0 Å². The molecule has 110 valence electrons. The Balaban J connectivity index is 2.13. The van der Waals surface area contributed by atoms with Gasteiger partial charge in [0.25, 0.3) is 5.91 Å². The van der Waals surface area contributed by atoms with E-state index in [1.807, 2.05) is 25.1 Å². The molecule has 0 heterocycles. The van der Waals surface area contributed by atoms with E-state index in [9.17, 15) is 4.79 Å². The highest BCUT2D eigenvalue weighted by atomic mass is 79.9. The number of halogens is 1. The fourth-order valence-electron chi connectivity index (χ4n) is 2.83. The molecule has 4 heteroatoms. The molecule has 20 heavy (non-hydrogen) atoms. The number of nitrogens with one attached hydrogen (secondary N) is 1. The van der Waals surface area contributed by atoms with E-state index in [4.69, 9.17) is 4.74 Å². The van der Waals surface area contributed by atoms with Gasteiger partial charge in [0.05, 0.1) is 12.7 Å². The molecule has 3 nitrogen and oxygen atoms in total. The lowest BCUT2D eigenvalue weighted by molar-refractivity contribution is 0.0908. The van der Waals surface area contributed by atoms with Gasteiger partial charge in [-0.1, -0.05) is 40.4 Å². The van der Waals surface area contributed by atoms with Crippen LogP contribution < -0.4 is 10.1 Å². The minimum absolute atomic E-state index is 0.0246. The molecule has 0 radical (unpaired) electrons. The number of ether oxygens (including phenoxy) is 1. The fourth-order valence-corrected chi connectivity index (χ4v) is 3.60. The summed E-state index contributed by atoms with van der Waals surface area (Å²) in [7, 11) is 1.60. The first-order valence-electron chi connectivity index (χ1n) is 7.17. The van der Waals surface area contributed by atoms with Crippen LogP contribution in [0.4, 0.5) is 0 Å². The quantitative estimate of drug-likeness (QED) is 0.849. The van der Waals surface area contributed by atoms with Crippen molar-refractivity contribution in [3.05, 3.63) is 29.3 Å². The van der Waals surface area contributed by atoms with Crippen LogP contribution in [0.5, 0.6) is 5.75 Å². The Hall–Kier alpha value is -1.03. The van der Waals surface area contributed by atoms with Crippen LogP contribution in [0.2, 0.25) is 0 Å². The molecule has 0 aromatic heterocycles. The third-order valence-corrected chi connectivity index (χ3v) is 4.86. The average molecular weight is 340 g/mol. The Morgan fingerprint density at radius 3 is 2.85 bits per heavy atom. The maximum absolute atomic E-state index is 12.5. The molecule has 2 unspecified atom stereocenters. The topological polar surface area (TPSA) is 38.3 Å². The smallest absolute Gasteiger partial charge is 0.255 e. The van der Waals surface area contributed by atoms with Gasteiger partial charge in [-0.05, 0) is 37.8 Å². The van der Waals surface area contributed by atoms with E-state index in [0.717, 1.165) is 17.3 Å². The van der Waals surface area contributed by atoms with E-state index in [-0.39, 0.29) is 11.9 Å². The van der Waals surface area contributed by atoms with E-state index < -0.39 is 0 Å². The van der Waals surface area contributed by atoms with Gasteiger partial charge < -0.3 is 10.1 Å². The van der Waals surface area contributed by atoms with Crippen LogP contribution in [0, 0.1) is 12.8 Å². The summed E-state index contributed by atoms with van der Waals surface area (Å²) < 4.78 is 5.29. The Morgan fingerprint density at radius 2 is 2.15 bits per heavy atom. The SMILES string of the molecule is COc1ccc(C)cc1C(=O)NC1CCCCC1CBr. The van der Waals surface area contributed by atoms with E-state index in [0.29, 0.717) is 17.2 Å². The monoisotopic (exact) mass is 339 g/mol. The summed E-state index contributed by atoms with van der Waals surface area (Å²) in [6.45, 7) is 1.98. The first-order chi connectivity index (χ1) is 9.65. The second-order valence-electron chi connectivity index (χ2n) is 5.48. The van der Waals surface area contributed by atoms with E-state index in [1.54, 1.807) is 7.11 Å². The molecule has 1 aromatic rings. The van der Waals surface area contributed by atoms with Crippen LogP contribution in [0.1, 0.15) is 41.6 Å². The van der Waals surface area contributed by atoms with E-state index in [2.05, 4.69) is 21.2 Å². The summed E-state index contributed by atoms with van der Waals surface area (Å²) in [5, 5.41) is 4.14. The molecule has 0 spiro atoms. The van der Waals surface area contributed by atoms with Gasteiger partial charge in [0.15, 0.2) is 0 Å². The third-order valence-electron chi connectivity index (χ3n) is 4.02. The minimum atomic E-state index is -0.0246. The van der Waals surface area contributed by atoms with Crippen LogP contribution in [0.3, 0.4) is 0 Å². The van der Waals surface area contributed by atoms with Crippen molar-refractivity contribution in [1.29, 1.82) is 0 Å². The number of rotatable bonds is 4. The molecule has 0 saturated heterocycles. The number of alkyl halides is 1. The maximum Gasteiger partial charge on any atom is 0.255 e. The lowest BCUT2D eigenvalue weighted by Crippen LogP contribution is -2.42. The Kier molecular flexibility index (Phi) is 5.46. The number of hydrogen-bond donors (Lipinski definition) is 1. The van der Waals surface area contributed by atoms with Gasteiger partial charge in [-0.2, -0.15) is 0 Å². The Labute approximate surface area is 129 Å². The Bertz CT molecular complexity index is 476. The van der Waals surface area contributed by atoms with Crippen molar-refractivity contribution in [1.82, 2.24) is 5.32 Å². The van der Waals surface area contributed by atoms with Crippen molar-refractivity contribution in [2.75, 3.05) is 12.4 Å². The predicted octanol–water partition coefficient (Wildman–Crippen LogP) is 3.69. The maximum atomic E-state index is 12.5. The highest BCUT2D eigenvalue weighted by molar-refractivity contribution is 9.09. The van der Waals surface area contributed by atoms with Crippen LogP contribution in [-0.4, -0.2) is 24.4 Å². The fraction of sp³-hybridized carbons (Fsp3) is 0.562. The molecule has 1 N–H and O–H groups in total. The molecule has 1 aromatic carbocycles. The molecule has 1 fully saturated rings. The number of methoxy groups -OCH3 is 1. The van der Waals surface area contributed by atoms with Gasteiger partial charge in [0.1, 0.15) is 5.75 Å². The molecule has 1 aliphatic rings. The molecule has 0 bridgehead atoms. The second-order valence-corrected chi connectivity index (χ2v) is 6.13. The molecule has 1 saturated carbocycles. The molecular formula is C16H22BrNO2. The minimum Gasteiger partial charge on any atom is -0.496 e. The van der Waals surface area contributed by atoms with Gasteiger partial charge >= 0.3 is 0 Å². The molecule has 1 amide bonds. The van der Waals surface area contributed by atoms with Gasteiger partial charge in [-0.3, -0.25) is 4.79 Å². The first kappa shape index (κ1) is 15.4. The van der Waals surface area contributed by atoms with Crippen molar-refractivity contribution in [3.63, 3.8) is 0 Å². The van der Waals surface area contributed by atoms with Crippen LogP contribution >= 0.6 is 15.9 Å². The second kappa shape index (κ2) is 7.11. The Morgan fingerprint density at radius 1 is 1.40 bits per heavy atom. The zero-order valence-corrected chi connectivity index (χ0v) is 13.7. The number of amides is 1.